The number of aryl methyl sites for hydroxylation is 1. The molecule has 0 heterocycles. The molecule has 19 heavy (non-hydrogen) atoms. The summed E-state index contributed by atoms with van der Waals surface area (Å²) in [7, 11) is 3.36. The highest BCUT2D eigenvalue weighted by Crippen LogP contribution is 2.43. The molecular formula is C15H20FNO2. The Morgan fingerprint density at radius 2 is 2.16 bits per heavy atom. The van der Waals surface area contributed by atoms with E-state index in [9.17, 15) is 9.18 Å². The first-order valence-corrected chi connectivity index (χ1v) is 6.54. The van der Waals surface area contributed by atoms with Crippen LogP contribution in [0.4, 0.5) is 10.1 Å². The van der Waals surface area contributed by atoms with Gasteiger partial charge in [-0.3, -0.25) is 4.79 Å². The topological polar surface area (TPSA) is 29.5 Å². The molecule has 1 saturated carbocycles. The monoisotopic (exact) mass is 265 g/mol. The Bertz CT molecular complexity index is 483. The minimum atomic E-state index is -0.383. The minimum absolute atomic E-state index is 0.135. The van der Waals surface area contributed by atoms with E-state index in [2.05, 4.69) is 0 Å². The second kappa shape index (κ2) is 5.19. The standard InChI is InChI=1S/C15H20FNO2/c1-11-9-12(5-6-13(11)16)17(2)10-15(7-4-8-15)14(18)19-3/h5-6,9H,4,7-8,10H2,1-3H3. The zero-order valence-electron chi connectivity index (χ0n) is 11.7. The number of benzene rings is 1. The van der Waals surface area contributed by atoms with Crippen molar-refractivity contribution in [2.75, 3.05) is 25.6 Å². The molecule has 0 unspecified atom stereocenters. The summed E-state index contributed by atoms with van der Waals surface area (Å²) < 4.78 is 18.2. The quantitative estimate of drug-likeness (QED) is 0.784. The molecule has 1 aromatic rings. The normalized spacial score (nSPS) is 16.6. The molecule has 0 bridgehead atoms. The van der Waals surface area contributed by atoms with E-state index in [-0.39, 0.29) is 17.2 Å². The highest BCUT2D eigenvalue weighted by atomic mass is 19.1. The molecule has 2 rings (SSSR count). The summed E-state index contributed by atoms with van der Waals surface area (Å²) in [6.45, 7) is 2.36. The summed E-state index contributed by atoms with van der Waals surface area (Å²) in [5, 5.41) is 0. The van der Waals surface area contributed by atoms with Crippen molar-refractivity contribution >= 4 is 11.7 Å². The van der Waals surface area contributed by atoms with Gasteiger partial charge in [0, 0.05) is 19.3 Å². The second-order valence-electron chi connectivity index (χ2n) is 5.42. The predicted octanol–water partition coefficient (Wildman–Crippen LogP) is 2.91. The lowest BCUT2D eigenvalue weighted by atomic mass is 9.68. The van der Waals surface area contributed by atoms with E-state index in [0.29, 0.717) is 12.1 Å². The van der Waals surface area contributed by atoms with Crippen LogP contribution in [0.15, 0.2) is 18.2 Å². The Morgan fingerprint density at radius 1 is 1.47 bits per heavy atom. The molecule has 1 aromatic carbocycles. The van der Waals surface area contributed by atoms with Crippen LogP contribution < -0.4 is 4.90 Å². The molecule has 1 aliphatic carbocycles. The Labute approximate surface area is 113 Å². The maximum atomic E-state index is 13.3. The summed E-state index contributed by atoms with van der Waals surface area (Å²) >= 11 is 0. The van der Waals surface area contributed by atoms with Crippen molar-refractivity contribution in [1.29, 1.82) is 0 Å². The number of hydrogen-bond acceptors (Lipinski definition) is 3. The summed E-state index contributed by atoms with van der Waals surface area (Å²) in [6.07, 6.45) is 2.79. The van der Waals surface area contributed by atoms with Crippen molar-refractivity contribution in [2.45, 2.75) is 26.2 Å². The molecule has 0 aromatic heterocycles. The Balaban J connectivity index is 2.13. The summed E-state index contributed by atoms with van der Waals surface area (Å²) in [6, 6.07) is 5.01. The van der Waals surface area contributed by atoms with Gasteiger partial charge in [0.15, 0.2) is 0 Å². The van der Waals surface area contributed by atoms with E-state index >= 15 is 0 Å². The zero-order chi connectivity index (χ0) is 14.0. The fourth-order valence-electron chi connectivity index (χ4n) is 2.66. The fraction of sp³-hybridized carbons (Fsp3) is 0.533. The van der Waals surface area contributed by atoms with Crippen LogP contribution in [-0.4, -0.2) is 26.7 Å². The van der Waals surface area contributed by atoms with E-state index in [0.717, 1.165) is 24.9 Å². The van der Waals surface area contributed by atoms with Gasteiger partial charge in [-0.15, -0.1) is 0 Å². The van der Waals surface area contributed by atoms with E-state index in [1.807, 2.05) is 11.9 Å². The van der Waals surface area contributed by atoms with Gasteiger partial charge in [-0.05, 0) is 43.5 Å². The molecule has 0 atom stereocenters. The molecule has 0 amide bonds. The molecule has 0 saturated heterocycles. The van der Waals surface area contributed by atoms with Crippen LogP contribution in [-0.2, 0) is 9.53 Å². The van der Waals surface area contributed by atoms with Crippen LogP contribution in [0.5, 0.6) is 0 Å². The fourth-order valence-corrected chi connectivity index (χ4v) is 2.66. The molecule has 104 valence electrons. The summed E-state index contributed by atoms with van der Waals surface area (Å²) in [5.74, 6) is -0.340. The average Bonchev–Trinajstić information content (AvgIpc) is 2.35. The van der Waals surface area contributed by atoms with Gasteiger partial charge in [-0.25, -0.2) is 4.39 Å². The highest BCUT2D eigenvalue weighted by molar-refractivity contribution is 5.78. The molecule has 4 heteroatoms. The van der Waals surface area contributed by atoms with Crippen molar-refractivity contribution in [1.82, 2.24) is 0 Å². The number of halogens is 1. The van der Waals surface area contributed by atoms with Crippen LogP contribution in [0.2, 0.25) is 0 Å². The third kappa shape index (κ3) is 2.57. The first-order chi connectivity index (χ1) is 8.98. The second-order valence-corrected chi connectivity index (χ2v) is 5.42. The summed E-state index contributed by atoms with van der Waals surface area (Å²) in [5.41, 5.74) is 1.16. The maximum absolute atomic E-state index is 13.3. The van der Waals surface area contributed by atoms with Crippen molar-refractivity contribution in [3.8, 4) is 0 Å². The predicted molar refractivity (Wildman–Crippen MR) is 72.7 cm³/mol. The highest BCUT2D eigenvalue weighted by Gasteiger charge is 2.46. The van der Waals surface area contributed by atoms with E-state index in [1.54, 1.807) is 19.1 Å². The van der Waals surface area contributed by atoms with Crippen molar-refractivity contribution in [2.24, 2.45) is 5.41 Å². The number of anilines is 1. The van der Waals surface area contributed by atoms with Gasteiger partial charge >= 0.3 is 5.97 Å². The van der Waals surface area contributed by atoms with Gasteiger partial charge in [0.05, 0.1) is 12.5 Å². The number of carbonyl (C=O) groups is 1. The molecular weight excluding hydrogens is 245 g/mol. The van der Waals surface area contributed by atoms with E-state index in [4.69, 9.17) is 4.74 Å². The van der Waals surface area contributed by atoms with Crippen molar-refractivity contribution in [3.05, 3.63) is 29.6 Å². The van der Waals surface area contributed by atoms with Crippen LogP contribution in [0, 0.1) is 18.2 Å². The van der Waals surface area contributed by atoms with Gasteiger partial charge in [0.2, 0.25) is 0 Å². The van der Waals surface area contributed by atoms with Crippen molar-refractivity contribution in [3.63, 3.8) is 0 Å². The Kier molecular flexibility index (Phi) is 3.78. The number of ether oxygens (including phenoxy) is 1. The van der Waals surface area contributed by atoms with E-state index in [1.165, 1.54) is 13.2 Å². The lowest BCUT2D eigenvalue weighted by Crippen LogP contribution is -2.47. The lowest BCUT2D eigenvalue weighted by molar-refractivity contribution is -0.157. The van der Waals surface area contributed by atoms with Crippen molar-refractivity contribution < 1.29 is 13.9 Å². The number of esters is 1. The third-order valence-corrected chi connectivity index (χ3v) is 4.05. The van der Waals surface area contributed by atoms with Crippen LogP contribution >= 0.6 is 0 Å². The molecule has 1 fully saturated rings. The van der Waals surface area contributed by atoms with E-state index < -0.39 is 0 Å². The number of carbonyl (C=O) groups excluding carboxylic acids is 1. The third-order valence-electron chi connectivity index (χ3n) is 4.05. The van der Waals surface area contributed by atoms with Gasteiger partial charge in [0.25, 0.3) is 0 Å². The summed E-state index contributed by atoms with van der Waals surface area (Å²) in [4.78, 5) is 13.9. The molecule has 3 nitrogen and oxygen atoms in total. The van der Waals surface area contributed by atoms with Gasteiger partial charge in [0.1, 0.15) is 5.82 Å². The first kappa shape index (κ1) is 13.8. The van der Waals surface area contributed by atoms with Gasteiger partial charge in [-0.2, -0.15) is 0 Å². The van der Waals surface area contributed by atoms with Crippen LogP contribution in [0.1, 0.15) is 24.8 Å². The average molecular weight is 265 g/mol. The largest absolute Gasteiger partial charge is 0.469 e. The molecule has 0 N–H and O–H groups in total. The zero-order valence-corrected chi connectivity index (χ0v) is 11.7. The minimum Gasteiger partial charge on any atom is -0.469 e. The number of methoxy groups -OCH3 is 1. The maximum Gasteiger partial charge on any atom is 0.313 e. The number of rotatable bonds is 4. The number of hydrogen-bond donors (Lipinski definition) is 0. The van der Waals surface area contributed by atoms with Crippen LogP contribution in [0.25, 0.3) is 0 Å². The molecule has 0 spiro atoms. The Morgan fingerprint density at radius 3 is 2.63 bits per heavy atom. The lowest BCUT2D eigenvalue weighted by Gasteiger charge is -2.42. The van der Waals surface area contributed by atoms with Crippen LogP contribution in [0.3, 0.4) is 0 Å². The molecule has 0 aliphatic heterocycles. The smallest absolute Gasteiger partial charge is 0.313 e. The first-order valence-electron chi connectivity index (χ1n) is 6.54. The van der Waals surface area contributed by atoms with Gasteiger partial charge in [-0.1, -0.05) is 6.42 Å². The SMILES string of the molecule is COC(=O)C1(CN(C)c2ccc(F)c(C)c2)CCC1. The number of nitrogens with zero attached hydrogens (tertiary/aromatic N) is 1. The molecule has 1 aliphatic rings. The molecule has 0 radical (unpaired) electrons. The Hall–Kier alpha value is -1.58. The van der Waals surface area contributed by atoms with Gasteiger partial charge < -0.3 is 9.64 Å².